The molecule has 0 saturated carbocycles. The van der Waals surface area contributed by atoms with Crippen molar-refractivity contribution in [3.05, 3.63) is 64.7 Å². The van der Waals surface area contributed by atoms with Crippen LogP contribution in [0.15, 0.2) is 48.5 Å². The lowest BCUT2D eigenvalue weighted by Gasteiger charge is -2.22. The minimum absolute atomic E-state index is 0.125. The molecule has 2 aromatic carbocycles. The van der Waals surface area contributed by atoms with Gasteiger partial charge in [-0.05, 0) is 23.8 Å². The summed E-state index contributed by atoms with van der Waals surface area (Å²) in [5.41, 5.74) is 1.23. The lowest BCUT2D eigenvalue weighted by Crippen LogP contribution is -2.32. The van der Waals surface area contributed by atoms with Crippen molar-refractivity contribution >= 4 is 29.1 Å². The predicted molar refractivity (Wildman–Crippen MR) is 85.0 cm³/mol. The zero-order chi connectivity index (χ0) is 15.2. The van der Waals surface area contributed by atoms with Gasteiger partial charge in [0, 0.05) is 24.0 Å². The van der Waals surface area contributed by atoms with Crippen LogP contribution in [0.5, 0.6) is 5.75 Å². The van der Waals surface area contributed by atoms with E-state index in [1.807, 2.05) is 30.3 Å². The van der Waals surface area contributed by atoms with Crippen molar-refractivity contribution in [1.82, 2.24) is 4.90 Å². The van der Waals surface area contributed by atoms with E-state index in [-0.39, 0.29) is 17.2 Å². The van der Waals surface area contributed by atoms with Crippen LogP contribution in [0.2, 0.25) is 5.02 Å². The molecule has 0 saturated heterocycles. The van der Waals surface area contributed by atoms with E-state index < -0.39 is 0 Å². The third-order valence-corrected chi connectivity index (χ3v) is 3.45. The van der Waals surface area contributed by atoms with Crippen molar-refractivity contribution in [2.24, 2.45) is 0 Å². The third-order valence-electron chi connectivity index (χ3n) is 3.05. The summed E-state index contributed by atoms with van der Waals surface area (Å²) in [5, 5.41) is 10.3. The fourth-order valence-corrected chi connectivity index (χ4v) is 2.38. The van der Waals surface area contributed by atoms with E-state index in [1.165, 1.54) is 12.1 Å². The van der Waals surface area contributed by atoms with Gasteiger partial charge in [-0.2, -0.15) is 0 Å². The molecule has 0 aromatic heterocycles. The van der Waals surface area contributed by atoms with E-state index in [4.69, 9.17) is 23.2 Å². The monoisotopic (exact) mass is 323 g/mol. The molecule has 0 unspecified atom stereocenters. The summed E-state index contributed by atoms with van der Waals surface area (Å²) in [6.45, 7) is 0.839. The summed E-state index contributed by atoms with van der Waals surface area (Å²) >= 11 is 11.6. The molecule has 0 aliphatic heterocycles. The van der Waals surface area contributed by atoms with Gasteiger partial charge in [0.2, 0.25) is 0 Å². The molecule has 5 heteroatoms. The van der Waals surface area contributed by atoms with Gasteiger partial charge in [0.1, 0.15) is 5.75 Å². The number of phenolic OH excluding ortho intramolecular Hbond substituents is 1. The summed E-state index contributed by atoms with van der Waals surface area (Å²) < 4.78 is 0. The minimum Gasteiger partial charge on any atom is -0.507 e. The van der Waals surface area contributed by atoms with Gasteiger partial charge >= 0.3 is 0 Å². The number of alkyl halides is 1. The molecule has 2 rings (SSSR count). The number of phenols is 1. The zero-order valence-electron chi connectivity index (χ0n) is 11.3. The number of carbonyl (C=O) groups is 1. The number of amides is 1. The summed E-state index contributed by atoms with van der Waals surface area (Å²) in [7, 11) is 0. The minimum atomic E-state index is -0.270. The number of hydrogen-bond acceptors (Lipinski definition) is 2. The van der Waals surface area contributed by atoms with Gasteiger partial charge in [-0.25, -0.2) is 0 Å². The first kappa shape index (κ1) is 15.7. The lowest BCUT2D eigenvalue weighted by molar-refractivity contribution is 0.0750. The van der Waals surface area contributed by atoms with E-state index >= 15 is 0 Å². The van der Waals surface area contributed by atoms with Crippen molar-refractivity contribution in [1.29, 1.82) is 0 Å². The van der Waals surface area contributed by atoms with Gasteiger partial charge in [-0.3, -0.25) is 4.79 Å². The van der Waals surface area contributed by atoms with Crippen molar-refractivity contribution in [3.63, 3.8) is 0 Å². The van der Waals surface area contributed by atoms with Crippen molar-refractivity contribution in [2.45, 2.75) is 6.54 Å². The Morgan fingerprint density at radius 3 is 2.48 bits per heavy atom. The number of nitrogens with zero attached hydrogens (tertiary/aromatic N) is 1. The molecule has 1 N–H and O–H groups in total. The average Bonchev–Trinajstić information content (AvgIpc) is 2.47. The largest absolute Gasteiger partial charge is 0.507 e. The molecule has 2 aromatic rings. The van der Waals surface area contributed by atoms with Crippen LogP contribution in [-0.2, 0) is 6.54 Å². The van der Waals surface area contributed by atoms with Crippen LogP contribution in [0.25, 0.3) is 0 Å². The van der Waals surface area contributed by atoms with Gasteiger partial charge in [-0.1, -0.05) is 41.9 Å². The maximum Gasteiger partial charge on any atom is 0.257 e. The second kappa shape index (κ2) is 7.34. The first-order valence-corrected chi connectivity index (χ1v) is 7.40. The summed E-state index contributed by atoms with van der Waals surface area (Å²) in [6, 6.07) is 14.1. The SMILES string of the molecule is O=C(c1ccc(Cl)cc1O)N(CCCl)Cc1ccccc1. The van der Waals surface area contributed by atoms with E-state index in [1.54, 1.807) is 11.0 Å². The summed E-state index contributed by atoms with van der Waals surface area (Å²) in [6.07, 6.45) is 0. The van der Waals surface area contributed by atoms with Gasteiger partial charge < -0.3 is 10.0 Å². The Kier molecular flexibility index (Phi) is 5.48. The Balaban J connectivity index is 2.23. The fourth-order valence-electron chi connectivity index (χ4n) is 2.01. The highest BCUT2D eigenvalue weighted by atomic mass is 35.5. The first-order chi connectivity index (χ1) is 10.1. The second-order valence-corrected chi connectivity index (χ2v) is 5.38. The standard InChI is InChI=1S/C16H15Cl2NO2/c17-8-9-19(11-12-4-2-1-3-5-12)16(21)14-7-6-13(18)10-15(14)20/h1-7,10,20H,8-9,11H2. The van der Waals surface area contributed by atoms with E-state index in [0.717, 1.165) is 5.56 Å². The molecule has 0 bridgehead atoms. The highest BCUT2D eigenvalue weighted by molar-refractivity contribution is 6.30. The Hall–Kier alpha value is -1.71. The number of halogens is 2. The van der Waals surface area contributed by atoms with Crippen LogP contribution in [0.3, 0.4) is 0 Å². The Labute approximate surface area is 133 Å². The van der Waals surface area contributed by atoms with E-state index in [2.05, 4.69) is 0 Å². The maximum absolute atomic E-state index is 12.5. The summed E-state index contributed by atoms with van der Waals surface area (Å²) in [4.78, 5) is 14.1. The van der Waals surface area contributed by atoms with Crippen LogP contribution in [0.4, 0.5) is 0 Å². The number of aromatic hydroxyl groups is 1. The molecule has 0 aliphatic carbocycles. The van der Waals surface area contributed by atoms with Gasteiger partial charge in [0.15, 0.2) is 0 Å². The zero-order valence-corrected chi connectivity index (χ0v) is 12.8. The molecule has 21 heavy (non-hydrogen) atoms. The molecule has 110 valence electrons. The normalized spacial score (nSPS) is 10.4. The number of carbonyl (C=O) groups excluding carboxylic acids is 1. The molecule has 0 aliphatic rings. The lowest BCUT2D eigenvalue weighted by atomic mass is 10.1. The van der Waals surface area contributed by atoms with Crippen molar-refractivity contribution in [3.8, 4) is 5.75 Å². The summed E-state index contributed by atoms with van der Waals surface area (Å²) in [5.74, 6) is -0.0683. The van der Waals surface area contributed by atoms with Crippen molar-refractivity contribution < 1.29 is 9.90 Å². The molecule has 0 heterocycles. The molecule has 0 atom stereocenters. The molecule has 3 nitrogen and oxygen atoms in total. The highest BCUT2D eigenvalue weighted by Crippen LogP contribution is 2.24. The van der Waals surface area contributed by atoms with Crippen LogP contribution >= 0.6 is 23.2 Å². The fraction of sp³-hybridized carbons (Fsp3) is 0.188. The number of hydrogen-bond donors (Lipinski definition) is 1. The molecule has 0 spiro atoms. The molecule has 0 fully saturated rings. The molecular weight excluding hydrogens is 309 g/mol. The van der Waals surface area contributed by atoms with Crippen LogP contribution in [0, 0.1) is 0 Å². The molecular formula is C16H15Cl2NO2. The Morgan fingerprint density at radius 1 is 1.14 bits per heavy atom. The predicted octanol–water partition coefficient (Wildman–Crippen LogP) is 3.93. The third kappa shape index (κ3) is 4.13. The van der Waals surface area contributed by atoms with Crippen LogP contribution < -0.4 is 0 Å². The quantitative estimate of drug-likeness (QED) is 0.847. The Bertz CT molecular complexity index is 617. The number of benzene rings is 2. The average molecular weight is 324 g/mol. The molecule has 0 radical (unpaired) electrons. The van der Waals surface area contributed by atoms with Crippen molar-refractivity contribution in [2.75, 3.05) is 12.4 Å². The maximum atomic E-state index is 12.5. The van der Waals surface area contributed by atoms with Crippen LogP contribution in [-0.4, -0.2) is 28.3 Å². The highest BCUT2D eigenvalue weighted by Gasteiger charge is 2.19. The molecule has 1 amide bonds. The van der Waals surface area contributed by atoms with Gasteiger partial charge in [0.05, 0.1) is 5.56 Å². The van der Waals surface area contributed by atoms with E-state index in [9.17, 15) is 9.90 Å². The first-order valence-electron chi connectivity index (χ1n) is 6.49. The van der Waals surface area contributed by atoms with Gasteiger partial charge in [0.25, 0.3) is 5.91 Å². The smallest absolute Gasteiger partial charge is 0.257 e. The second-order valence-electron chi connectivity index (χ2n) is 4.56. The topological polar surface area (TPSA) is 40.5 Å². The van der Waals surface area contributed by atoms with Crippen LogP contribution in [0.1, 0.15) is 15.9 Å². The Morgan fingerprint density at radius 2 is 1.86 bits per heavy atom. The van der Waals surface area contributed by atoms with E-state index in [0.29, 0.717) is 24.0 Å². The number of rotatable bonds is 5. The van der Waals surface area contributed by atoms with Gasteiger partial charge in [-0.15, -0.1) is 11.6 Å².